The Labute approximate surface area is 177 Å². The highest BCUT2D eigenvalue weighted by atomic mass is 16.5. The normalized spacial score (nSPS) is 10.9. The van der Waals surface area contributed by atoms with Crippen molar-refractivity contribution >= 4 is 40.0 Å². The number of esters is 2. The van der Waals surface area contributed by atoms with Gasteiger partial charge in [0.25, 0.3) is 0 Å². The van der Waals surface area contributed by atoms with Crippen LogP contribution in [0.4, 0.5) is 5.82 Å². The first kappa shape index (κ1) is 20.1. The van der Waals surface area contributed by atoms with Gasteiger partial charge in [0.05, 0.1) is 23.2 Å². The van der Waals surface area contributed by atoms with Crippen LogP contribution in [0.1, 0.15) is 27.6 Å². The molecule has 2 aromatic carbocycles. The number of hydrogen-bond acceptors (Lipinski definition) is 7. The average molecular weight is 416 g/mol. The summed E-state index contributed by atoms with van der Waals surface area (Å²) in [5.41, 5.74) is 9.57. The van der Waals surface area contributed by atoms with E-state index in [-0.39, 0.29) is 24.6 Å². The van der Waals surface area contributed by atoms with E-state index in [9.17, 15) is 9.59 Å². The van der Waals surface area contributed by atoms with Crippen molar-refractivity contribution in [3.63, 3.8) is 0 Å². The van der Waals surface area contributed by atoms with Gasteiger partial charge in [-0.1, -0.05) is 24.8 Å². The predicted molar refractivity (Wildman–Crippen MR) is 117 cm³/mol. The molecular formula is C23H20N4O4. The maximum atomic E-state index is 12.7. The van der Waals surface area contributed by atoms with Crippen molar-refractivity contribution in [1.29, 1.82) is 0 Å². The number of rotatable bonds is 6. The highest BCUT2D eigenvalue weighted by Gasteiger charge is 2.26. The Kier molecular flexibility index (Phi) is 5.36. The minimum Gasteiger partial charge on any atom is -0.462 e. The number of aromatic nitrogens is 3. The van der Waals surface area contributed by atoms with Crippen LogP contribution in [0.5, 0.6) is 0 Å². The smallest absolute Gasteiger partial charge is 0.344 e. The van der Waals surface area contributed by atoms with Gasteiger partial charge in [0.15, 0.2) is 5.65 Å². The topological polar surface area (TPSA) is 109 Å². The molecular weight excluding hydrogens is 396 g/mol. The Balaban J connectivity index is 1.92. The first-order chi connectivity index (χ1) is 15.0. The minimum atomic E-state index is -0.617. The zero-order valence-corrected chi connectivity index (χ0v) is 16.9. The van der Waals surface area contributed by atoms with Gasteiger partial charge in [0.2, 0.25) is 0 Å². The molecule has 0 aliphatic rings. The Morgan fingerprint density at radius 1 is 1.03 bits per heavy atom. The van der Waals surface area contributed by atoms with E-state index in [0.717, 1.165) is 0 Å². The third-order valence-electron chi connectivity index (χ3n) is 4.67. The maximum absolute atomic E-state index is 12.7. The summed E-state index contributed by atoms with van der Waals surface area (Å²) in [6.45, 7) is 5.63. The summed E-state index contributed by atoms with van der Waals surface area (Å²) >= 11 is 0. The van der Waals surface area contributed by atoms with Crippen molar-refractivity contribution in [2.75, 3.05) is 18.9 Å². The minimum absolute atomic E-state index is 0.0419. The number of hydrogen-bond donors (Lipinski definition) is 1. The fraction of sp³-hybridized carbons (Fsp3) is 0.130. The molecule has 4 rings (SSSR count). The van der Waals surface area contributed by atoms with E-state index in [1.54, 1.807) is 35.8 Å². The Hall–Kier alpha value is -4.20. The van der Waals surface area contributed by atoms with Crippen LogP contribution in [-0.2, 0) is 9.47 Å². The van der Waals surface area contributed by atoms with Crippen molar-refractivity contribution < 1.29 is 19.1 Å². The lowest BCUT2D eigenvalue weighted by Gasteiger charge is -2.09. The number of carbonyl (C=O) groups is 2. The number of nitrogen functional groups attached to an aromatic ring is 1. The molecule has 0 saturated carbocycles. The lowest BCUT2D eigenvalue weighted by atomic mass is 10.2. The van der Waals surface area contributed by atoms with Crippen LogP contribution in [-0.4, -0.2) is 39.7 Å². The van der Waals surface area contributed by atoms with Gasteiger partial charge >= 0.3 is 11.9 Å². The fourth-order valence-electron chi connectivity index (χ4n) is 3.29. The largest absolute Gasteiger partial charge is 0.462 e. The van der Waals surface area contributed by atoms with E-state index in [1.807, 2.05) is 24.3 Å². The first-order valence-electron chi connectivity index (χ1n) is 9.67. The number of nitrogens with two attached hydrogens (primary N) is 1. The summed E-state index contributed by atoms with van der Waals surface area (Å²) in [5, 5.41) is 0. The molecule has 0 aliphatic carbocycles. The maximum Gasteiger partial charge on any atom is 0.344 e. The Morgan fingerprint density at radius 3 is 2.35 bits per heavy atom. The van der Waals surface area contributed by atoms with E-state index < -0.39 is 11.9 Å². The van der Waals surface area contributed by atoms with Gasteiger partial charge in [0.1, 0.15) is 23.5 Å². The summed E-state index contributed by atoms with van der Waals surface area (Å²) in [6, 6.07) is 14.0. The van der Waals surface area contributed by atoms with Gasteiger partial charge in [0, 0.05) is 5.69 Å². The van der Waals surface area contributed by atoms with Crippen LogP contribution in [0.2, 0.25) is 0 Å². The summed E-state index contributed by atoms with van der Waals surface area (Å²) in [5.74, 6) is -0.893. The van der Waals surface area contributed by atoms with Crippen molar-refractivity contribution in [3.05, 3.63) is 72.3 Å². The molecule has 2 N–H and O–H groups in total. The van der Waals surface area contributed by atoms with E-state index >= 15 is 0 Å². The molecule has 8 heteroatoms. The molecule has 31 heavy (non-hydrogen) atoms. The molecule has 0 spiro atoms. The molecule has 0 radical (unpaired) electrons. The highest BCUT2D eigenvalue weighted by Crippen LogP contribution is 2.31. The van der Waals surface area contributed by atoms with Crippen LogP contribution in [0.15, 0.2) is 61.2 Å². The first-order valence-corrected chi connectivity index (χ1v) is 9.67. The predicted octanol–water partition coefficient (Wildman–Crippen LogP) is 3.68. The zero-order valence-electron chi connectivity index (χ0n) is 16.9. The van der Waals surface area contributed by atoms with Crippen molar-refractivity contribution in [2.45, 2.75) is 6.92 Å². The molecule has 0 amide bonds. The second kappa shape index (κ2) is 8.27. The number of para-hydroxylation sites is 2. The van der Waals surface area contributed by atoms with Crippen LogP contribution >= 0.6 is 0 Å². The van der Waals surface area contributed by atoms with Gasteiger partial charge in [-0.15, -0.1) is 0 Å². The number of carbonyl (C=O) groups excluding carboxylic acids is 2. The van der Waals surface area contributed by atoms with E-state index in [0.29, 0.717) is 33.4 Å². The molecule has 0 bridgehead atoms. The second-order valence-electron chi connectivity index (χ2n) is 6.63. The van der Waals surface area contributed by atoms with Gasteiger partial charge in [-0.3, -0.25) is 4.57 Å². The number of nitrogens with zero attached hydrogens (tertiary/aromatic N) is 3. The van der Waals surface area contributed by atoms with Crippen LogP contribution in [0.3, 0.4) is 0 Å². The van der Waals surface area contributed by atoms with Crippen molar-refractivity contribution in [1.82, 2.24) is 14.5 Å². The van der Waals surface area contributed by atoms with Gasteiger partial charge in [-0.25, -0.2) is 19.6 Å². The molecule has 0 unspecified atom stereocenters. The second-order valence-corrected chi connectivity index (χ2v) is 6.63. The molecule has 2 aromatic heterocycles. The summed E-state index contributed by atoms with van der Waals surface area (Å²) < 4.78 is 11.9. The standard InChI is InChI=1S/C23H20N4O4/c1-3-13-31-23(29)18-19-21(26-17-8-6-5-7-16(17)25-19)27(20(18)24)15-11-9-14(10-12-15)22(28)30-4-2/h3,5-12H,1,4,13,24H2,2H3. The van der Waals surface area contributed by atoms with E-state index in [2.05, 4.69) is 16.5 Å². The highest BCUT2D eigenvalue weighted by molar-refractivity contribution is 6.09. The zero-order chi connectivity index (χ0) is 22.0. The van der Waals surface area contributed by atoms with Crippen LogP contribution in [0.25, 0.3) is 27.9 Å². The van der Waals surface area contributed by atoms with E-state index in [1.165, 1.54) is 6.08 Å². The fourth-order valence-corrected chi connectivity index (χ4v) is 3.29. The molecule has 4 aromatic rings. The average Bonchev–Trinajstić information content (AvgIpc) is 3.06. The number of fused-ring (bicyclic) bond motifs is 2. The number of ether oxygens (including phenoxy) is 2. The Morgan fingerprint density at radius 2 is 1.71 bits per heavy atom. The molecule has 2 heterocycles. The Bertz CT molecular complexity index is 1310. The molecule has 0 aliphatic heterocycles. The third kappa shape index (κ3) is 3.59. The van der Waals surface area contributed by atoms with E-state index in [4.69, 9.17) is 15.2 Å². The third-order valence-corrected chi connectivity index (χ3v) is 4.67. The van der Waals surface area contributed by atoms with Gasteiger partial charge < -0.3 is 15.2 Å². The summed E-state index contributed by atoms with van der Waals surface area (Å²) in [4.78, 5) is 34.0. The SMILES string of the molecule is C=CCOC(=O)c1c(N)n(-c2ccc(C(=O)OCC)cc2)c2nc3ccccc3nc12. The summed E-state index contributed by atoms with van der Waals surface area (Å²) in [7, 11) is 0. The molecule has 156 valence electrons. The monoisotopic (exact) mass is 416 g/mol. The summed E-state index contributed by atoms with van der Waals surface area (Å²) in [6.07, 6.45) is 1.47. The lowest BCUT2D eigenvalue weighted by molar-refractivity contribution is 0.0523. The molecule has 8 nitrogen and oxygen atoms in total. The quantitative estimate of drug-likeness (QED) is 0.377. The van der Waals surface area contributed by atoms with Crippen LogP contribution in [0, 0.1) is 0 Å². The number of anilines is 1. The molecule has 0 fully saturated rings. The van der Waals surface area contributed by atoms with Crippen molar-refractivity contribution in [3.8, 4) is 5.69 Å². The lowest BCUT2D eigenvalue weighted by Crippen LogP contribution is -2.09. The molecule has 0 atom stereocenters. The number of benzene rings is 2. The van der Waals surface area contributed by atoms with Gasteiger partial charge in [-0.05, 0) is 43.3 Å². The van der Waals surface area contributed by atoms with Gasteiger partial charge in [-0.2, -0.15) is 0 Å². The van der Waals surface area contributed by atoms with Crippen molar-refractivity contribution in [2.24, 2.45) is 0 Å². The molecule has 0 saturated heterocycles. The van der Waals surface area contributed by atoms with Crippen LogP contribution < -0.4 is 5.73 Å².